The summed E-state index contributed by atoms with van der Waals surface area (Å²) in [6.45, 7) is 2.54. The number of hydrogen-bond donors (Lipinski definition) is 1. The van der Waals surface area contributed by atoms with Crippen molar-refractivity contribution < 1.29 is 19.1 Å². The summed E-state index contributed by atoms with van der Waals surface area (Å²) in [6.07, 6.45) is 3.84. The average Bonchev–Trinajstić information content (AvgIpc) is 2.69. The Labute approximate surface area is 155 Å². The molecule has 1 saturated heterocycles. The summed E-state index contributed by atoms with van der Waals surface area (Å²) in [5, 5.41) is 2.96. The molecule has 1 aromatic carbocycles. The summed E-state index contributed by atoms with van der Waals surface area (Å²) in [6, 6.07) is 7.68. The van der Waals surface area contributed by atoms with Crippen LogP contribution in [0, 0.1) is 5.92 Å². The Morgan fingerprint density at radius 3 is 2.88 bits per heavy atom. The first-order chi connectivity index (χ1) is 12.6. The fraction of sp³-hybridized carbons (Fsp3) is 0.600. The smallest absolute Gasteiger partial charge is 0.224 e. The van der Waals surface area contributed by atoms with E-state index >= 15 is 0 Å². The largest absolute Gasteiger partial charge is 0.497 e. The second-order valence-corrected chi connectivity index (χ2v) is 6.76. The lowest BCUT2D eigenvalue weighted by molar-refractivity contribution is -0.134. The molecule has 1 aliphatic heterocycles. The maximum absolute atomic E-state index is 12.1. The highest BCUT2D eigenvalue weighted by Gasteiger charge is 2.23. The van der Waals surface area contributed by atoms with Gasteiger partial charge in [-0.3, -0.25) is 9.59 Å². The minimum atomic E-state index is 0.0515. The van der Waals surface area contributed by atoms with Crippen LogP contribution in [0.5, 0.6) is 5.75 Å². The minimum Gasteiger partial charge on any atom is -0.497 e. The normalized spacial score (nSPS) is 17.0. The van der Waals surface area contributed by atoms with E-state index in [4.69, 9.17) is 9.47 Å². The summed E-state index contributed by atoms with van der Waals surface area (Å²) in [4.78, 5) is 26.2. The van der Waals surface area contributed by atoms with Crippen molar-refractivity contribution in [3.63, 3.8) is 0 Å². The monoisotopic (exact) mass is 362 g/mol. The molecule has 0 saturated carbocycles. The second kappa shape index (κ2) is 10.8. The molecule has 1 atom stereocenters. The zero-order valence-corrected chi connectivity index (χ0v) is 15.8. The zero-order valence-electron chi connectivity index (χ0n) is 15.8. The third kappa shape index (κ3) is 6.67. The van der Waals surface area contributed by atoms with Gasteiger partial charge in [-0.2, -0.15) is 0 Å². The lowest BCUT2D eigenvalue weighted by Crippen LogP contribution is -2.40. The predicted molar refractivity (Wildman–Crippen MR) is 99.9 cm³/mol. The van der Waals surface area contributed by atoms with E-state index in [-0.39, 0.29) is 11.8 Å². The van der Waals surface area contributed by atoms with Crippen molar-refractivity contribution in [3.05, 3.63) is 29.8 Å². The summed E-state index contributed by atoms with van der Waals surface area (Å²) < 4.78 is 10.2. The predicted octanol–water partition coefficient (Wildman–Crippen LogP) is 2.37. The molecule has 26 heavy (non-hydrogen) atoms. The first-order valence-electron chi connectivity index (χ1n) is 9.28. The van der Waals surface area contributed by atoms with Gasteiger partial charge in [0, 0.05) is 33.2 Å². The summed E-state index contributed by atoms with van der Waals surface area (Å²) in [5.41, 5.74) is 1.02. The van der Waals surface area contributed by atoms with Gasteiger partial charge in [0.1, 0.15) is 5.75 Å². The third-order valence-corrected chi connectivity index (χ3v) is 4.80. The molecule has 6 nitrogen and oxygen atoms in total. The highest BCUT2D eigenvalue weighted by molar-refractivity contribution is 5.76. The molecule has 6 heteroatoms. The Morgan fingerprint density at radius 1 is 1.27 bits per heavy atom. The van der Waals surface area contributed by atoms with Crippen LogP contribution in [0.4, 0.5) is 0 Å². The molecule has 144 valence electrons. The number of methoxy groups -OCH3 is 2. The van der Waals surface area contributed by atoms with Gasteiger partial charge in [-0.15, -0.1) is 0 Å². The maximum atomic E-state index is 12.1. The van der Waals surface area contributed by atoms with E-state index in [0.29, 0.717) is 31.9 Å². The van der Waals surface area contributed by atoms with Gasteiger partial charge in [0.25, 0.3) is 0 Å². The van der Waals surface area contributed by atoms with E-state index in [1.807, 2.05) is 29.2 Å². The van der Waals surface area contributed by atoms with Gasteiger partial charge in [-0.1, -0.05) is 12.1 Å². The number of piperidine rings is 1. The molecule has 1 aromatic rings. The molecule has 1 aliphatic rings. The Hall–Kier alpha value is -2.08. The van der Waals surface area contributed by atoms with Crippen molar-refractivity contribution in [1.82, 2.24) is 10.2 Å². The van der Waals surface area contributed by atoms with Crippen LogP contribution in [-0.4, -0.2) is 50.6 Å². The van der Waals surface area contributed by atoms with Crippen molar-refractivity contribution in [1.29, 1.82) is 0 Å². The third-order valence-electron chi connectivity index (χ3n) is 4.80. The van der Waals surface area contributed by atoms with Crippen LogP contribution in [0.3, 0.4) is 0 Å². The van der Waals surface area contributed by atoms with Crippen molar-refractivity contribution in [3.8, 4) is 5.75 Å². The highest BCUT2D eigenvalue weighted by Crippen LogP contribution is 2.21. The lowest BCUT2D eigenvalue weighted by atomic mass is 9.93. The number of rotatable bonds is 9. The van der Waals surface area contributed by atoms with E-state index in [9.17, 15) is 9.59 Å². The van der Waals surface area contributed by atoms with Gasteiger partial charge in [0.2, 0.25) is 11.8 Å². The number of nitrogens with zero attached hydrogens (tertiary/aromatic N) is 1. The SMILES string of the molecule is COCCC(=O)N1CCC[C@@H](CCC(=O)NCc2cccc(OC)c2)C1. The molecule has 1 N–H and O–H groups in total. The van der Waals surface area contributed by atoms with Crippen molar-refractivity contribution in [2.24, 2.45) is 5.92 Å². The fourth-order valence-corrected chi connectivity index (χ4v) is 3.28. The van der Waals surface area contributed by atoms with E-state index in [1.54, 1.807) is 14.2 Å². The van der Waals surface area contributed by atoms with Crippen LogP contribution in [0.25, 0.3) is 0 Å². The number of benzene rings is 1. The van der Waals surface area contributed by atoms with E-state index in [2.05, 4.69) is 5.32 Å². The molecule has 0 aliphatic carbocycles. The molecule has 1 fully saturated rings. The molecule has 0 bridgehead atoms. The van der Waals surface area contributed by atoms with Crippen LogP contribution in [-0.2, 0) is 20.9 Å². The molecule has 1 heterocycles. The molecular formula is C20H30N2O4. The molecule has 2 rings (SSSR count). The van der Waals surface area contributed by atoms with Gasteiger partial charge in [0.05, 0.1) is 20.1 Å². The van der Waals surface area contributed by atoms with Crippen molar-refractivity contribution in [2.75, 3.05) is 33.9 Å². The van der Waals surface area contributed by atoms with Crippen LogP contribution in [0.2, 0.25) is 0 Å². The van der Waals surface area contributed by atoms with Crippen molar-refractivity contribution >= 4 is 11.8 Å². The lowest BCUT2D eigenvalue weighted by Gasteiger charge is -2.32. The first-order valence-corrected chi connectivity index (χ1v) is 9.28. The highest BCUT2D eigenvalue weighted by atomic mass is 16.5. The molecule has 0 aromatic heterocycles. The Morgan fingerprint density at radius 2 is 2.12 bits per heavy atom. The number of ether oxygens (including phenoxy) is 2. The van der Waals surface area contributed by atoms with Crippen LogP contribution in [0.15, 0.2) is 24.3 Å². The van der Waals surface area contributed by atoms with E-state index in [1.165, 1.54) is 0 Å². The van der Waals surface area contributed by atoms with Gasteiger partial charge in [-0.25, -0.2) is 0 Å². The van der Waals surface area contributed by atoms with Gasteiger partial charge in [-0.05, 0) is 42.9 Å². The Bertz CT molecular complexity index is 591. The zero-order chi connectivity index (χ0) is 18.8. The standard InChI is InChI=1S/C20H30N2O4/c1-25-12-10-20(24)22-11-4-6-16(15-22)8-9-19(23)21-14-17-5-3-7-18(13-17)26-2/h3,5,7,13,16H,4,6,8-12,14-15H2,1-2H3,(H,21,23)/t16-/m0/s1. The molecule has 0 unspecified atom stereocenters. The first kappa shape index (κ1) is 20.2. The Balaban J connectivity index is 1.70. The van der Waals surface area contributed by atoms with Gasteiger partial charge < -0.3 is 19.7 Å². The summed E-state index contributed by atoms with van der Waals surface area (Å²) in [5.74, 6) is 1.39. The average molecular weight is 362 g/mol. The summed E-state index contributed by atoms with van der Waals surface area (Å²) in [7, 11) is 3.24. The summed E-state index contributed by atoms with van der Waals surface area (Å²) >= 11 is 0. The maximum Gasteiger partial charge on any atom is 0.224 e. The number of amides is 2. The number of nitrogens with one attached hydrogen (secondary N) is 1. The second-order valence-electron chi connectivity index (χ2n) is 6.76. The molecular weight excluding hydrogens is 332 g/mol. The van der Waals surface area contributed by atoms with Crippen LogP contribution >= 0.6 is 0 Å². The van der Waals surface area contributed by atoms with E-state index < -0.39 is 0 Å². The number of carbonyl (C=O) groups excluding carboxylic acids is 2. The molecule has 2 amide bonds. The molecule has 0 spiro atoms. The molecule has 0 radical (unpaired) electrons. The number of carbonyl (C=O) groups is 2. The van der Waals surface area contributed by atoms with Gasteiger partial charge >= 0.3 is 0 Å². The van der Waals surface area contributed by atoms with E-state index in [0.717, 1.165) is 43.7 Å². The van der Waals surface area contributed by atoms with Crippen LogP contribution < -0.4 is 10.1 Å². The quantitative estimate of drug-likeness (QED) is 0.732. The van der Waals surface area contributed by atoms with Crippen LogP contribution in [0.1, 0.15) is 37.7 Å². The topological polar surface area (TPSA) is 67.9 Å². The van der Waals surface area contributed by atoms with Gasteiger partial charge in [0.15, 0.2) is 0 Å². The number of hydrogen-bond acceptors (Lipinski definition) is 4. The Kier molecular flexibility index (Phi) is 8.41. The minimum absolute atomic E-state index is 0.0515. The van der Waals surface area contributed by atoms with Crippen molar-refractivity contribution in [2.45, 2.75) is 38.6 Å². The fourth-order valence-electron chi connectivity index (χ4n) is 3.28. The number of likely N-dealkylation sites (tertiary alicyclic amines) is 1.